The van der Waals surface area contributed by atoms with Crippen molar-refractivity contribution in [3.05, 3.63) is 0 Å². The van der Waals surface area contributed by atoms with E-state index < -0.39 is 13.6 Å². The Bertz CT molecular complexity index is 1000. The summed E-state index contributed by atoms with van der Waals surface area (Å²) in [6.45, 7) is 5.03. The molecule has 1 rings (SSSR count). The molecular formula is C33H64N5O13P. The number of hydrogen-bond donors (Lipinski definition) is 5. The van der Waals surface area contributed by atoms with Crippen LogP contribution in [0.2, 0.25) is 0 Å². The number of unbranched alkanes of at least 4 members (excludes halogenated alkanes) is 1. The predicted octanol–water partition coefficient (Wildman–Crippen LogP) is -0.328. The summed E-state index contributed by atoms with van der Waals surface area (Å²) in [5, 5.41) is 11.4. The highest BCUT2D eigenvalue weighted by Crippen LogP contribution is 2.42. The molecule has 4 amide bonds. The molecule has 0 heterocycles. The topological polar surface area (TPSA) is 222 Å². The quantitative estimate of drug-likeness (QED) is 0.0437. The van der Waals surface area contributed by atoms with Crippen molar-refractivity contribution in [2.24, 2.45) is 5.92 Å². The molecule has 52 heavy (non-hydrogen) atoms. The molecule has 0 aromatic carbocycles. The number of carbonyl (C=O) groups excluding carboxylic acids is 4. The largest absolute Gasteiger partial charge is 0.382 e. The van der Waals surface area contributed by atoms with Gasteiger partial charge in [0, 0.05) is 60.1 Å². The summed E-state index contributed by atoms with van der Waals surface area (Å²) in [5.74, 6) is -1.40. The van der Waals surface area contributed by atoms with Gasteiger partial charge in [-0.1, -0.05) is 0 Å². The molecule has 1 aliphatic rings. The number of nitrogens with zero attached hydrogens (tertiary/aromatic N) is 1. The van der Waals surface area contributed by atoms with Gasteiger partial charge in [0.25, 0.3) is 0 Å². The third kappa shape index (κ3) is 24.9. The lowest BCUT2D eigenvalue weighted by Crippen LogP contribution is -2.54. The van der Waals surface area contributed by atoms with Gasteiger partial charge < -0.3 is 59.1 Å². The molecule has 1 fully saturated rings. The van der Waals surface area contributed by atoms with E-state index in [1.54, 1.807) is 26.2 Å². The van der Waals surface area contributed by atoms with Crippen LogP contribution in [0.5, 0.6) is 0 Å². The van der Waals surface area contributed by atoms with E-state index in [2.05, 4.69) is 21.3 Å². The Hall–Kier alpha value is -2.25. The fourth-order valence-corrected chi connectivity index (χ4v) is 6.15. The van der Waals surface area contributed by atoms with E-state index in [-0.39, 0.29) is 88.2 Å². The minimum atomic E-state index is -3.58. The summed E-state index contributed by atoms with van der Waals surface area (Å²) in [4.78, 5) is 63.5. The van der Waals surface area contributed by atoms with Crippen molar-refractivity contribution in [3.8, 4) is 0 Å². The first-order valence-electron chi connectivity index (χ1n) is 18.0. The predicted molar refractivity (Wildman–Crippen MR) is 192 cm³/mol. The number of ether oxygens (including phenoxy) is 6. The van der Waals surface area contributed by atoms with E-state index in [0.29, 0.717) is 91.1 Å². The van der Waals surface area contributed by atoms with Gasteiger partial charge in [-0.3, -0.25) is 28.6 Å². The van der Waals surface area contributed by atoms with Crippen LogP contribution in [0, 0.1) is 5.92 Å². The van der Waals surface area contributed by atoms with Crippen molar-refractivity contribution in [3.63, 3.8) is 0 Å². The van der Waals surface area contributed by atoms with Crippen LogP contribution in [0.25, 0.3) is 0 Å². The van der Waals surface area contributed by atoms with Crippen molar-refractivity contribution in [2.45, 2.75) is 57.1 Å². The number of hydrogen-bond acceptors (Lipinski definition) is 13. The van der Waals surface area contributed by atoms with Gasteiger partial charge in [0.1, 0.15) is 0 Å². The Morgan fingerprint density at radius 2 is 1.15 bits per heavy atom. The lowest BCUT2D eigenvalue weighted by Gasteiger charge is -2.30. The monoisotopic (exact) mass is 769 g/mol. The fourth-order valence-electron chi connectivity index (χ4n) is 5.38. The molecule has 0 bridgehead atoms. The van der Waals surface area contributed by atoms with Crippen LogP contribution in [0.1, 0.15) is 44.9 Å². The van der Waals surface area contributed by atoms with Crippen LogP contribution in [0.3, 0.4) is 0 Å². The van der Waals surface area contributed by atoms with Gasteiger partial charge in [-0.15, -0.1) is 0 Å². The van der Waals surface area contributed by atoms with E-state index in [1.165, 1.54) is 0 Å². The summed E-state index contributed by atoms with van der Waals surface area (Å²) in [6.07, 6.45) is 3.24. The second kappa shape index (κ2) is 30.1. The van der Waals surface area contributed by atoms with Crippen molar-refractivity contribution in [2.75, 3.05) is 127 Å². The Morgan fingerprint density at radius 3 is 1.62 bits per heavy atom. The van der Waals surface area contributed by atoms with Crippen LogP contribution in [0.4, 0.5) is 0 Å². The highest BCUT2D eigenvalue weighted by molar-refractivity contribution is 7.51. The van der Waals surface area contributed by atoms with Crippen molar-refractivity contribution >= 4 is 31.2 Å². The minimum absolute atomic E-state index is 0.0859. The smallest absolute Gasteiger partial charge is 0.325 e. The molecule has 0 aromatic heterocycles. The zero-order valence-electron chi connectivity index (χ0n) is 31.5. The minimum Gasteiger partial charge on any atom is -0.382 e. The molecule has 2 unspecified atom stereocenters. The molecule has 0 saturated heterocycles. The van der Waals surface area contributed by atoms with Crippen molar-refractivity contribution < 1.29 is 61.6 Å². The fraction of sp³-hybridized carbons (Fsp3) is 0.879. The van der Waals surface area contributed by atoms with Crippen LogP contribution in [0.15, 0.2) is 0 Å². The average molecular weight is 770 g/mol. The summed E-state index contributed by atoms with van der Waals surface area (Å²) in [7, 11) is 1.12. The maximum atomic E-state index is 13.6. The van der Waals surface area contributed by atoms with Gasteiger partial charge in [0.2, 0.25) is 23.6 Å². The Kier molecular flexibility index (Phi) is 27.7. The number of rotatable bonds is 32. The third-order valence-corrected chi connectivity index (χ3v) is 8.70. The second-order valence-electron chi connectivity index (χ2n) is 12.4. The highest BCUT2D eigenvalue weighted by Gasteiger charge is 2.31. The van der Waals surface area contributed by atoms with Crippen LogP contribution < -0.4 is 21.3 Å². The zero-order chi connectivity index (χ0) is 38.5. The first-order chi connectivity index (χ1) is 25.0. The first-order valence-corrected chi connectivity index (χ1v) is 20.0. The molecule has 1 aliphatic carbocycles. The van der Waals surface area contributed by atoms with Gasteiger partial charge in [-0.25, -0.2) is 0 Å². The van der Waals surface area contributed by atoms with E-state index in [9.17, 15) is 28.6 Å². The van der Waals surface area contributed by atoms with E-state index in [1.807, 2.05) is 0 Å². The maximum Gasteiger partial charge on any atom is 0.325 e. The molecular weight excluding hydrogens is 705 g/mol. The number of carbonyl (C=O) groups is 4. The Balaban J connectivity index is 2.85. The maximum absolute atomic E-state index is 13.6. The number of amides is 4. The Morgan fingerprint density at radius 1 is 0.673 bits per heavy atom. The number of methoxy groups -OCH3 is 3. The van der Waals surface area contributed by atoms with Gasteiger partial charge in [0.05, 0.1) is 84.7 Å². The molecule has 1 saturated carbocycles. The van der Waals surface area contributed by atoms with Gasteiger partial charge in [-0.05, 0) is 44.9 Å². The van der Waals surface area contributed by atoms with Gasteiger partial charge >= 0.3 is 7.60 Å². The standard InChI is InChI=1S/C33H64N5O13P/c1-45-19-22-48-16-13-34-30(39)25-38(26-31(40)35-14-17-49-23-20-46-2)29(33(42)37-15-18-50-24-21-47-3)7-5-6-12-36-32(41)27-8-10-28(11-9-27)51-52(4,43)44/h27-29H,5-26H2,1-4H3,(H,34,39)(H,35,40)(H,36,41)(H,37,42)(H,43,44). The molecule has 0 aliphatic heterocycles. The lowest BCUT2D eigenvalue weighted by molar-refractivity contribution is -0.132. The van der Waals surface area contributed by atoms with Crippen LogP contribution in [-0.2, 0) is 56.7 Å². The van der Waals surface area contributed by atoms with Crippen LogP contribution >= 0.6 is 7.60 Å². The van der Waals surface area contributed by atoms with Crippen molar-refractivity contribution in [1.29, 1.82) is 0 Å². The molecule has 0 spiro atoms. The molecule has 0 radical (unpaired) electrons. The molecule has 0 aromatic rings. The highest BCUT2D eigenvalue weighted by atomic mass is 31.2. The summed E-state index contributed by atoms with van der Waals surface area (Å²) in [5.41, 5.74) is 0. The Labute approximate surface area is 308 Å². The van der Waals surface area contributed by atoms with Crippen molar-refractivity contribution in [1.82, 2.24) is 26.2 Å². The molecule has 304 valence electrons. The normalized spacial score (nSPS) is 17.7. The van der Waals surface area contributed by atoms with E-state index in [4.69, 9.17) is 32.9 Å². The van der Waals surface area contributed by atoms with E-state index >= 15 is 0 Å². The number of nitrogens with one attached hydrogen (secondary N) is 4. The summed E-state index contributed by atoms with van der Waals surface area (Å²) < 4.78 is 48.0. The lowest BCUT2D eigenvalue weighted by atomic mass is 9.87. The van der Waals surface area contributed by atoms with Gasteiger partial charge in [-0.2, -0.15) is 0 Å². The molecule has 5 N–H and O–H groups in total. The SMILES string of the molecule is COCCOCCNC(=O)CN(CC(=O)NCCOCCOC)C(CCCCNC(=O)C1CCC(OP(C)(=O)O)CC1)C(=O)NCCOCCOC. The molecule has 2 atom stereocenters. The van der Waals surface area contributed by atoms with Gasteiger partial charge in [0.15, 0.2) is 0 Å². The van der Waals surface area contributed by atoms with E-state index in [0.717, 1.165) is 6.66 Å². The summed E-state index contributed by atoms with van der Waals surface area (Å²) in [6, 6.07) is -0.835. The average Bonchev–Trinajstić information content (AvgIpc) is 3.10. The first kappa shape index (κ1) is 47.8. The second-order valence-corrected chi connectivity index (χ2v) is 14.2. The summed E-state index contributed by atoms with van der Waals surface area (Å²) >= 11 is 0. The molecule has 19 heteroatoms. The molecule has 18 nitrogen and oxygen atoms in total. The zero-order valence-corrected chi connectivity index (χ0v) is 32.4. The van der Waals surface area contributed by atoms with Crippen LogP contribution in [-0.4, -0.2) is 172 Å². The third-order valence-electron chi connectivity index (χ3n) is 8.01.